The zero-order chi connectivity index (χ0) is 27.9. The molecule has 3 saturated carbocycles. The maximum absolute atomic E-state index is 14.4. The van der Waals surface area contributed by atoms with Crippen LogP contribution in [-0.2, 0) is 11.3 Å². The summed E-state index contributed by atoms with van der Waals surface area (Å²) in [5.74, 6) is 1.43. The van der Waals surface area contributed by atoms with Gasteiger partial charge in [-0.25, -0.2) is 0 Å². The molecule has 220 valence electrons. The van der Waals surface area contributed by atoms with E-state index < -0.39 is 11.6 Å². The Bertz CT molecular complexity index is 1060. The molecule has 5 rings (SSSR count). The highest BCUT2D eigenvalue weighted by Gasteiger charge is 2.36. The summed E-state index contributed by atoms with van der Waals surface area (Å²) in [6, 6.07) is 12.2. The van der Waals surface area contributed by atoms with Crippen LogP contribution in [0.4, 0.5) is 8.78 Å². The summed E-state index contributed by atoms with van der Waals surface area (Å²) in [6.07, 6.45) is 15.3. The smallest absolute Gasteiger partial charge is 0.204 e. The van der Waals surface area contributed by atoms with Crippen molar-refractivity contribution >= 4 is 0 Å². The summed E-state index contributed by atoms with van der Waals surface area (Å²) in [5.41, 5.74) is 2.79. The highest BCUT2D eigenvalue weighted by molar-refractivity contribution is 5.35. The molecule has 40 heavy (non-hydrogen) atoms. The van der Waals surface area contributed by atoms with Gasteiger partial charge in [-0.3, -0.25) is 0 Å². The minimum absolute atomic E-state index is 0.0208. The van der Waals surface area contributed by atoms with E-state index in [0.717, 1.165) is 43.9 Å². The Labute approximate surface area is 240 Å². The van der Waals surface area contributed by atoms with E-state index in [0.29, 0.717) is 43.7 Å². The molecule has 0 N–H and O–H groups in total. The second-order valence-electron chi connectivity index (χ2n) is 12.6. The Kier molecular flexibility index (Phi) is 10.4. The summed E-state index contributed by atoms with van der Waals surface area (Å²) in [7, 11) is 0. The lowest BCUT2D eigenvalue weighted by Gasteiger charge is -2.42. The van der Waals surface area contributed by atoms with Crippen LogP contribution in [0.15, 0.2) is 36.4 Å². The molecular weight excluding hydrogens is 506 g/mol. The van der Waals surface area contributed by atoms with Crippen molar-refractivity contribution in [1.82, 2.24) is 0 Å². The molecule has 3 aliphatic carbocycles. The van der Waals surface area contributed by atoms with Gasteiger partial charge in [0.25, 0.3) is 0 Å². The fourth-order valence-corrected chi connectivity index (χ4v) is 7.64. The van der Waals surface area contributed by atoms with Gasteiger partial charge in [-0.2, -0.15) is 8.78 Å². The van der Waals surface area contributed by atoms with Gasteiger partial charge in [0.1, 0.15) is 0 Å². The van der Waals surface area contributed by atoms with Crippen molar-refractivity contribution in [1.29, 1.82) is 0 Å². The minimum Gasteiger partial charge on any atom is -0.491 e. The van der Waals surface area contributed by atoms with Gasteiger partial charge < -0.3 is 14.2 Å². The molecule has 4 unspecified atom stereocenters. The predicted molar refractivity (Wildman–Crippen MR) is 156 cm³/mol. The normalized spacial score (nSPS) is 28.6. The Balaban J connectivity index is 1.03. The van der Waals surface area contributed by atoms with E-state index in [4.69, 9.17) is 14.2 Å². The number of benzene rings is 2. The molecule has 0 spiro atoms. The van der Waals surface area contributed by atoms with Crippen molar-refractivity contribution in [3.63, 3.8) is 0 Å². The van der Waals surface area contributed by atoms with Crippen LogP contribution in [0.3, 0.4) is 0 Å². The topological polar surface area (TPSA) is 27.7 Å². The average Bonchev–Trinajstić information content (AvgIpc) is 2.99. The molecule has 0 amide bonds. The Morgan fingerprint density at radius 2 is 1.35 bits per heavy atom. The predicted octanol–water partition coefficient (Wildman–Crippen LogP) is 9.62. The number of halogens is 2. The van der Waals surface area contributed by atoms with E-state index in [1.54, 1.807) is 6.92 Å². The van der Waals surface area contributed by atoms with Crippen molar-refractivity contribution < 1.29 is 23.0 Å². The third-order valence-corrected chi connectivity index (χ3v) is 9.94. The molecule has 0 saturated heterocycles. The van der Waals surface area contributed by atoms with Gasteiger partial charge in [0.2, 0.25) is 11.6 Å². The largest absolute Gasteiger partial charge is 0.491 e. The van der Waals surface area contributed by atoms with Crippen molar-refractivity contribution in [3.05, 3.63) is 59.2 Å². The summed E-state index contributed by atoms with van der Waals surface area (Å²) in [4.78, 5) is 0. The number of ether oxygens (including phenoxy) is 3. The minimum atomic E-state index is -0.970. The lowest BCUT2D eigenvalue weighted by atomic mass is 9.67. The molecule has 0 aliphatic heterocycles. The number of hydrogen-bond acceptors (Lipinski definition) is 3. The standard InChI is InChI=1S/C35H48F2O3/c1-3-5-24-6-11-27(12-7-24)28-13-8-25(9-14-28)22-39-31-17-16-29-20-26(10-15-30(29)21-31)23-40-33-19-18-32(38-4-2)34(36)35(33)37/h8-9,13-14,18-19,24,26-27,29-31H,3-7,10-12,15-17,20-23H2,1-2H3. The molecule has 0 heterocycles. The van der Waals surface area contributed by atoms with Crippen LogP contribution in [0.25, 0.3) is 0 Å². The van der Waals surface area contributed by atoms with Crippen LogP contribution < -0.4 is 9.47 Å². The Morgan fingerprint density at radius 1 is 0.700 bits per heavy atom. The zero-order valence-electron chi connectivity index (χ0n) is 24.5. The van der Waals surface area contributed by atoms with E-state index in [2.05, 4.69) is 31.2 Å². The first kappa shape index (κ1) is 29.4. The third-order valence-electron chi connectivity index (χ3n) is 9.94. The van der Waals surface area contributed by atoms with Crippen LogP contribution in [-0.4, -0.2) is 19.3 Å². The van der Waals surface area contributed by atoms with E-state index >= 15 is 0 Å². The van der Waals surface area contributed by atoms with E-state index in [-0.39, 0.29) is 11.5 Å². The number of fused-ring (bicyclic) bond motifs is 1. The first-order valence-corrected chi connectivity index (χ1v) is 16.0. The molecule has 0 aromatic heterocycles. The zero-order valence-corrected chi connectivity index (χ0v) is 24.5. The van der Waals surface area contributed by atoms with Crippen LogP contribution >= 0.6 is 0 Å². The lowest BCUT2D eigenvalue weighted by molar-refractivity contribution is -0.0300. The maximum atomic E-state index is 14.4. The molecule has 3 nitrogen and oxygen atoms in total. The van der Waals surface area contributed by atoms with Gasteiger partial charge in [0.05, 0.1) is 25.9 Å². The van der Waals surface area contributed by atoms with Crippen molar-refractivity contribution in [2.24, 2.45) is 23.7 Å². The number of rotatable bonds is 11. The van der Waals surface area contributed by atoms with E-state index in [1.165, 1.54) is 68.2 Å². The summed E-state index contributed by atoms with van der Waals surface area (Å²) < 4.78 is 45.9. The quantitative estimate of drug-likeness (QED) is 0.277. The van der Waals surface area contributed by atoms with Crippen molar-refractivity contribution in [2.45, 2.75) is 110 Å². The van der Waals surface area contributed by atoms with Crippen molar-refractivity contribution in [2.75, 3.05) is 13.2 Å². The Hall–Kier alpha value is -2.14. The molecular formula is C35H48F2O3. The van der Waals surface area contributed by atoms with Gasteiger partial charge in [-0.05, 0) is 124 Å². The fourth-order valence-electron chi connectivity index (χ4n) is 7.64. The second kappa shape index (κ2) is 14.2. The molecule has 3 fully saturated rings. The van der Waals surface area contributed by atoms with Gasteiger partial charge in [0.15, 0.2) is 11.5 Å². The highest BCUT2D eigenvalue weighted by Crippen LogP contribution is 2.44. The van der Waals surface area contributed by atoms with E-state index in [1.807, 2.05) is 0 Å². The first-order valence-electron chi connectivity index (χ1n) is 16.0. The summed E-state index contributed by atoms with van der Waals surface area (Å²) >= 11 is 0. The van der Waals surface area contributed by atoms with Crippen molar-refractivity contribution in [3.8, 4) is 11.5 Å². The maximum Gasteiger partial charge on any atom is 0.204 e. The molecule has 3 aliphatic rings. The molecule has 0 bridgehead atoms. The monoisotopic (exact) mass is 554 g/mol. The van der Waals surface area contributed by atoms with Crippen LogP contribution in [0.1, 0.15) is 108 Å². The van der Waals surface area contributed by atoms with Crippen LogP contribution in [0.2, 0.25) is 0 Å². The lowest BCUT2D eigenvalue weighted by Crippen LogP contribution is -2.35. The summed E-state index contributed by atoms with van der Waals surface area (Å²) in [5, 5.41) is 0. The fraction of sp³-hybridized carbons (Fsp3) is 0.657. The van der Waals surface area contributed by atoms with Gasteiger partial charge >= 0.3 is 0 Å². The molecule has 2 aromatic rings. The summed E-state index contributed by atoms with van der Waals surface area (Å²) in [6.45, 7) is 5.48. The molecule has 4 atom stereocenters. The van der Waals surface area contributed by atoms with Crippen LogP contribution in [0.5, 0.6) is 11.5 Å². The van der Waals surface area contributed by atoms with E-state index in [9.17, 15) is 8.78 Å². The van der Waals surface area contributed by atoms with Crippen LogP contribution in [0, 0.1) is 35.3 Å². The van der Waals surface area contributed by atoms with Gasteiger partial charge in [0, 0.05) is 0 Å². The number of hydrogen-bond donors (Lipinski definition) is 0. The average molecular weight is 555 g/mol. The Morgan fingerprint density at radius 3 is 2.05 bits per heavy atom. The second-order valence-corrected chi connectivity index (χ2v) is 12.6. The third kappa shape index (κ3) is 7.38. The van der Waals surface area contributed by atoms with Gasteiger partial charge in [-0.1, -0.05) is 44.0 Å². The molecule has 5 heteroatoms. The molecule has 2 aromatic carbocycles. The highest BCUT2D eigenvalue weighted by atomic mass is 19.2. The van der Waals surface area contributed by atoms with Gasteiger partial charge in [-0.15, -0.1) is 0 Å². The first-order chi connectivity index (χ1) is 19.5. The SMILES string of the molecule is CCCC1CCC(c2ccc(COC3CCC4CC(COc5ccc(OCC)c(F)c5F)CCC4C3)cc2)CC1. The molecule has 0 radical (unpaired) electrons.